The Bertz CT molecular complexity index is 368. The van der Waals surface area contributed by atoms with E-state index in [2.05, 4.69) is 22.6 Å². The fourth-order valence-corrected chi connectivity index (χ4v) is 1.83. The molecule has 17 heavy (non-hydrogen) atoms. The summed E-state index contributed by atoms with van der Waals surface area (Å²) in [5.41, 5.74) is 6.98. The van der Waals surface area contributed by atoms with Crippen molar-refractivity contribution in [2.45, 2.75) is 25.8 Å². The zero-order valence-corrected chi connectivity index (χ0v) is 12.6. The highest BCUT2D eigenvalue weighted by atomic mass is 127. The highest BCUT2D eigenvalue weighted by Gasteiger charge is 2.16. The summed E-state index contributed by atoms with van der Waals surface area (Å²) in [6, 6.07) is 2.06. The second kappa shape index (κ2) is 6.88. The van der Waals surface area contributed by atoms with Crippen molar-refractivity contribution in [3.05, 3.63) is 24.0 Å². The molecule has 0 aliphatic heterocycles. The van der Waals surface area contributed by atoms with Gasteiger partial charge in [0.2, 0.25) is 0 Å². The molecule has 3 N–H and O–H groups in total. The summed E-state index contributed by atoms with van der Waals surface area (Å²) in [5.74, 6) is 1.38. The van der Waals surface area contributed by atoms with Gasteiger partial charge < -0.3 is 15.6 Å². The van der Waals surface area contributed by atoms with Crippen LogP contribution in [0.5, 0.6) is 0 Å². The van der Waals surface area contributed by atoms with E-state index in [1.54, 1.807) is 0 Å². The van der Waals surface area contributed by atoms with E-state index in [1.165, 1.54) is 24.8 Å². The fourth-order valence-electron chi connectivity index (χ4n) is 1.83. The number of halogens is 1. The number of rotatable bonds is 4. The molecule has 1 saturated carbocycles. The Hall–Kier alpha value is -0.720. The predicted octanol–water partition coefficient (Wildman–Crippen LogP) is 1.85. The molecule has 5 heteroatoms. The van der Waals surface area contributed by atoms with Crippen LogP contribution >= 0.6 is 24.0 Å². The minimum atomic E-state index is 0. The molecule has 1 aromatic rings. The maximum atomic E-state index is 5.79. The maximum Gasteiger partial charge on any atom is 0.188 e. The van der Waals surface area contributed by atoms with Gasteiger partial charge in [0.15, 0.2) is 5.96 Å². The quantitative estimate of drug-likeness (QED) is 0.496. The zero-order valence-electron chi connectivity index (χ0n) is 10.2. The van der Waals surface area contributed by atoms with Crippen LogP contribution in [-0.4, -0.2) is 17.1 Å². The molecule has 0 spiro atoms. The molecule has 1 heterocycles. The summed E-state index contributed by atoms with van der Waals surface area (Å²) in [6.45, 7) is 1.63. The number of nitrogens with zero attached hydrogens (tertiary/aromatic N) is 2. The minimum Gasteiger partial charge on any atom is -0.370 e. The average Bonchev–Trinajstić information content (AvgIpc) is 2.59. The molecule has 1 aliphatic rings. The molecule has 1 fully saturated rings. The smallest absolute Gasteiger partial charge is 0.188 e. The van der Waals surface area contributed by atoms with Crippen LogP contribution in [0, 0.1) is 5.92 Å². The number of aryl methyl sites for hydroxylation is 1. The summed E-state index contributed by atoms with van der Waals surface area (Å²) in [5, 5.41) is 3.18. The van der Waals surface area contributed by atoms with Gasteiger partial charge in [0, 0.05) is 26.0 Å². The molecule has 0 atom stereocenters. The van der Waals surface area contributed by atoms with Crippen molar-refractivity contribution in [3.8, 4) is 0 Å². The van der Waals surface area contributed by atoms with Crippen LogP contribution in [0.25, 0.3) is 0 Å². The van der Waals surface area contributed by atoms with E-state index < -0.39 is 0 Å². The lowest BCUT2D eigenvalue weighted by atomic mass is 9.85. The van der Waals surface area contributed by atoms with Gasteiger partial charge in [-0.25, -0.2) is 4.99 Å². The topological polar surface area (TPSA) is 55.3 Å². The number of nitrogens with one attached hydrogen (secondary N) is 1. The highest BCUT2D eigenvalue weighted by molar-refractivity contribution is 14.0. The molecular formula is C12H21IN4. The summed E-state index contributed by atoms with van der Waals surface area (Å²) in [6.07, 6.45) is 8.11. The lowest BCUT2D eigenvalue weighted by molar-refractivity contribution is 0.315. The van der Waals surface area contributed by atoms with Crippen LogP contribution in [0.3, 0.4) is 0 Å². The first-order valence-corrected chi connectivity index (χ1v) is 5.88. The van der Waals surface area contributed by atoms with Gasteiger partial charge in [0.05, 0.1) is 6.54 Å². The normalized spacial score (nSPS) is 16.2. The van der Waals surface area contributed by atoms with Gasteiger partial charge in [-0.15, -0.1) is 24.0 Å². The van der Waals surface area contributed by atoms with Crippen molar-refractivity contribution in [1.82, 2.24) is 9.88 Å². The number of hydrogen-bond acceptors (Lipinski definition) is 1. The first-order valence-electron chi connectivity index (χ1n) is 5.88. The van der Waals surface area contributed by atoms with Crippen LogP contribution in [0.2, 0.25) is 0 Å². The van der Waals surface area contributed by atoms with Crippen LogP contribution in [0.4, 0.5) is 0 Å². The Morgan fingerprint density at radius 3 is 2.88 bits per heavy atom. The second-order valence-corrected chi connectivity index (χ2v) is 4.56. The van der Waals surface area contributed by atoms with Crippen molar-refractivity contribution in [2.24, 2.45) is 23.7 Å². The Morgan fingerprint density at radius 1 is 1.59 bits per heavy atom. The molecule has 2 rings (SSSR count). The van der Waals surface area contributed by atoms with Crippen LogP contribution in [0.1, 0.15) is 24.8 Å². The monoisotopic (exact) mass is 348 g/mol. The van der Waals surface area contributed by atoms with Crippen molar-refractivity contribution in [2.75, 3.05) is 6.54 Å². The van der Waals surface area contributed by atoms with Gasteiger partial charge in [-0.3, -0.25) is 0 Å². The van der Waals surface area contributed by atoms with Crippen molar-refractivity contribution in [3.63, 3.8) is 0 Å². The average molecular weight is 348 g/mol. The molecule has 96 valence electrons. The fraction of sp³-hybridized carbons (Fsp3) is 0.583. The van der Waals surface area contributed by atoms with E-state index in [-0.39, 0.29) is 24.0 Å². The summed E-state index contributed by atoms with van der Waals surface area (Å²) in [7, 11) is 2.01. The molecule has 0 amide bonds. The van der Waals surface area contributed by atoms with Gasteiger partial charge in [0.1, 0.15) is 0 Å². The molecular weight excluding hydrogens is 327 g/mol. The predicted molar refractivity (Wildman–Crippen MR) is 81.5 cm³/mol. The minimum absolute atomic E-state index is 0. The summed E-state index contributed by atoms with van der Waals surface area (Å²) >= 11 is 0. The van der Waals surface area contributed by atoms with E-state index in [0.717, 1.165) is 12.5 Å². The van der Waals surface area contributed by atoms with E-state index >= 15 is 0 Å². The van der Waals surface area contributed by atoms with Crippen LogP contribution < -0.4 is 11.1 Å². The summed E-state index contributed by atoms with van der Waals surface area (Å²) in [4.78, 5) is 4.31. The van der Waals surface area contributed by atoms with Gasteiger partial charge in [-0.1, -0.05) is 6.42 Å². The number of hydrogen-bond donors (Lipinski definition) is 2. The maximum absolute atomic E-state index is 5.79. The Kier molecular flexibility index (Phi) is 5.80. The first-order chi connectivity index (χ1) is 7.74. The Balaban J connectivity index is 0.00000144. The van der Waals surface area contributed by atoms with E-state index in [0.29, 0.717) is 12.5 Å². The molecule has 4 nitrogen and oxygen atoms in total. The third-order valence-electron chi connectivity index (χ3n) is 3.12. The molecule has 0 unspecified atom stereocenters. The van der Waals surface area contributed by atoms with Gasteiger partial charge >= 0.3 is 0 Å². The largest absolute Gasteiger partial charge is 0.370 e. The molecule has 0 aromatic carbocycles. The van der Waals surface area contributed by atoms with E-state index in [9.17, 15) is 0 Å². The van der Waals surface area contributed by atoms with Crippen LogP contribution in [-0.2, 0) is 13.6 Å². The molecule has 0 bridgehead atoms. The molecule has 0 saturated heterocycles. The van der Waals surface area contributed by atoms with Gasteiger partial charge in [0.25, 0.3) is 0 Å². The highest BCUT2D eigenvalue weighted by Crippen LogP contribution is 2.24. The molecule has 1 aliphatic carbocycles. The third-order valence-corrected chi connectivity index (χ3v) is 3.12. The molecule has 0 radical (unpaired) electrons. The lowest BCUT2D eigenvalue weighted by Gasteiger charge is -2.25. The standard InChI is InChI=1S/C12H20N4.HI/c1-16-6-5-11(9-16)8-15-12(13)14-7-10-3-2-4-10;/h5-6,9-10H,2-4,7-8H2,1H3,(H3,13,14,15);1H. The Labute approximate surface area is 120 Å². The Morgan fingerprint density at radius 2 is 2.35 bits per heavy atom. The lowest BCUT2D eigenvalue weighted by Crippen LogP contribution is -2.37. The SMILES string of the molecule is Cn1ccc(CN=C(N)NCC2CCC2)c1.I. The summed E-state index contributed by atoms with van der Waals surface area (Å²) < 4.78 is 2.02. The number of guanidine groups is 1. The first kappa shape index (κ1) is 14.3. The van der Waals surface area contributed by atoms with E-state index in [4.69, 9.17) is 5.73 Å². The van der Waals surface area contributed by atoms with Crippen molar-refractivity contribution >= 4 is 29.9 Å². The van der Waals surface area contributed by atoms with Crippen LogP contribution in [0.15, 0.2) is 23.5 Å². The van der Waals surface area contributed by atoms with Crippen molar-refractivity contribution in [1.29, 1.82) is 0 Å². The van der Waals surface area contributed by atoms with Gasteiger partial charge in [-0.2, -0.15) is 0 Å². The third kappa shape index (κ3) is 4.57. The number of nitrogens with two attached hydrogens (primary N) is 1. The number of aromatic nitrogens is 1. The zero-order chi connectivity index (χ0) is 11.4. The molecule has 1 aromatic heterocycles. The van der Waals surface area contributed by atoms with E-state index in [1.807, 2.05) is 17.8 Å². The second-order valence-electron chi connectivity index (χ2n) is 4.56. The van der Waals surface area contributed by atoms with Gasteiger partial charge in [-0.05, 0) is 30.4 Å². The number of aliphatic imine (C=N–C) groups is 1. The van der Waals surface area contributed by atoms with Crippen molar-refractivity contribution < 1.29 is 0 Å².